The van der Waals surface area contributed by atoms with Gasteiger partial charge in [0.25, 0.3) is 0 Å². The van der Waals surface area contributed by atoms with Gasteiger partial charge in [-0.1, -0.05) is 24.3 Å². The minimum absolute atomic E-state index is 0.0515. The molecule has 2 aromatic carbocycles. The lowest BCUT2D eigenvalue weighted by atomic mass is 10.1. The van der Waals surface area contributed by atoms with E-state index in [2.05, 4.69) is 64.2 Å². The number of nitrogens with zero attached hydrogens (tertiary/aromatic N) is 2. The van der Waals surface area contributed by atoms with Gasteiger partial charge in [-0.05, 0) is 36.8 Å². The molecular weight excluding hydrogens is 350 g/mol. The lowest BCUT2D eigenvalue weighted by Gasteiger charge is -2.26. The molecule has 1 saturated heterocycles. The Hall–Kier alpha value is -2.63. The molecule has 0 unspecified atom stereocenters. The van der Waals surface area contributed by atoms with Crippen molar-refractivity contribution in [2.75, 3.05) is 39.4 Å². The Labute approximate surface area is 165 Å². The predicted molar refractivity (Wildman–Crippen MR) is 114 cm³/mol. The number of rotatable bonds is 6. The standard InChI is InChI=1S/C23H27N3O2/c1-2-26-21-6-4-3-5-19(21)20-17-18(7-9-22(20)26)8-10-23(27)24-11-12-25-13-15-28-16-14-25/h3-10,17H,2,11-16H2,1H3,(H,24,27)/b10-8+. The zero-order valence-electron chi connectivity index (χ0n) is 16.4. The van der Waals surface area contributed by atoms with E-state index in [1.807, 2.05) is 6.08 Å². The van der Waals surface area contributed by atoms with E-state index in [-0.39, 0.29) is 5.91 Å². The van der Waals surface area contributed by atoms with Crippen LogP contribution in [-0.2, 0) is 16.1 Å². The number of aromatic nitrogens is 1. The zero-order chi connectivity index (χ0) is 19.3. The average molecular weight is 377 g/mol. The highest BCUT2D eigenvalue weighted by Crippen LogP contribution is 2.29. The van der Waals surface area contributed by atoms with Gasteiger partial charge in [-0.3, -0.25) is 9.69 Å². The van der Waals surface area contributed by atoms with Gasteiger partial charge in [0, 0.05) is 60.6 Å². The highest BCUT2D eigenvalue weighted by atomic mass is 16.5. The fraction of sp³-hybridized carbons (Fsp3) is 0.348. The van der Waals surface area contributed by atoms with Crippen LogP contribution in [0.25, 0.3) is 27.9 Å². The number of aryl methyl sites for hydroxylation is 1. The first-order chi connectivity index (χ1) is 13.8. The van der Waals surface area contributed by atoms with Gasteiger partial charge < -0.3 is 14.6 Å². The molecule has 0 radical (unpaired) electrons. The van der Waals surface area contributed by atoms with E-state index in [1.54, 1.807) is 6.08 Å². The van der Waals surface area contributed by atoms with Crippen molar-refractivity contribution in [2.45, 2.75) is 13.5 Å². The SMILES string of the molecule is CCn1c2ccccc2c2cc(/C=C/C(=O)NCCN3CCOCC3)ccc21. The van der Waals surface area contributed by atoms with Crippen molar-refractivity contribution in [1.29, 1.82) is 0 Å². The number of fused-ring (bicyclic) bond motifs is 3. The minimum Gasteiger partial charge on any atom is -0.379 e. The minimum atomic E-state index is -0.0515. The van der Waals surface area contributed by atoms with Gasteiger partial charge in [-0.25, -0.2) is 0 Å². The molecule has 1 N–H and O–H groups in total. The molecule has 5 heteroatoms. The maximum Gasteiger partial charge on any atom is 0.244 e. The van der Waals surface area contributed by atoms with Crippen LogP contribution in [0.3, 0.4) is 0 Å². The van der Waals surface area contributed by atoms with Crippen molar-refractivity contribution in [3.05, 3.63) is 54.1 Å². The van der Waals surface area contributed by atoms with Crippen molar-refractivity contribution in [2.24, 2.45) is 0 Å². The molecule has 1 aromatic heterocycles. The molecule has 0 bridgehead atoms. The van der Waals surface area contributed by atoms with Crippen LogP contribution in [0.4, 0.5) is 0 Å². The molecule has 4 rings (SSSR count). The molecule has 146 valence electrons. The van der Waals surface area contributed by atoms with Crippen LogP contribution in [0, 0.1) is 0 Å². The third kappa shape index (κ3) is 3.96. The Kier molecular flexibility index (Phi) is 5.74. The van der Waals surface area contributed by atoms with E-state index in [4.69, 9.17) is 4.74 Å². The maximum absolute atomic E-state index is 12.1. The number of morpholine rings is 1. The third-order valence-corrected chi connectivity index (χ3v) is 5.37. The quantitative estimate of drug-likeness (QED) is 0.671. The van der Waals surface area contributed by atoms with Crippen LogP contribution in [0.15, 0.2) is 48.5 Å². The second kappa shape index (κ2) is 8.59. The molecule has 5 nitrogen and oxygen atoms in total. The molecule has 1 amide bonds. The van der Waals surface area contributed by atoms with Gasteiger partial charge in [0.05, 0.1) is 13.2 Å². The predicted octanol–water partition coefficient (Wildman–Crippen LogP) is 3.28. The van der Waals surface area contributed by atoms with E-state index in [0.717, 1.165) is 45.0 Å². The third-order valence-electron chi connectivity index (χ3n) is 5.37. The molecule has 3 aromatic rings. The second-order valence-electron chi connectivity index (χ2n) is 7.12. The smallest absolute Gasteiger partial charge is 0.244 e. The summed E-state index contributed by atoms with van der Waals surface area (Å²) in [4.78, 5) is 14.4. The molecule has 0 atom stereocenters. The van der Waals surface area contributed by atoms with E-state index in [9.17, 15) is 4.79 Å². The number of carbonyl (C=O) groups excluding carboxylic acids is 1. The Morgan fingerprint density at radius 1 is 1.11 bits per heavy atom. The molecule has 2 heterocycles. The average Bonchev–Trinajstić information content (AvgIpc) is 3.06. The van der Waals surface area contributed by atoms with Crippen molar-refractivity contribution in [1.82, 2.24) is 14.8 Å². The van der Waals surface area contributed by atoms with Gasteiger partial charge in [0.2, 0.25) is 5.91 Å². The van der Waals surface area contributed by atoms with Gasteiger partial charge in [-0.2, -0.15) is 0 Å². The number of para-hydroxylation sites is 1. The Morgan fingerprint density at radius 3 is 2.71 bits per heavy atom. The summed E-state index contributed by atoms with van der Waals surface area (Å²) in [6, 6.07) is 14.9. The largest absolute Gasteiger partial charge is 0.379 e. The van der Waals surface area contributed by atoms with E-state index in [0.29, 0.717) is 6.54 Å². The van der Waals surface area contributed by atoms with Crippen molar-refractivity contribution >= 4 is 33.8 Å². The summed E-state index contributed by atoms with van der Waals surface area (Å²) in [5.41, 5.74) is 3.52. The van der Waals surface area contributed by atoms with Crippen LogP contribution < -0.4 is 5.32 Å². The van der Waals surface area contributed by atoms with Crippen LogP contribution >= 0.6 is 0 Å². The van der Waals surface area contributed by atoms with Gasteiger partial charge >= 0.3 is 0 Å². The first kappa shape index (κ1) is 18.7. The summed E-state index contributed by atoms with van der Waals surface area (Å²) < 4.78 is 7.67. The summed E-state index contributed by atoms with van der Waals surface area (Å²) in [6.07, 6.45) is 3.51. The summed E-state index contributed by atoms with van der Waals surface area (Å²) in [6.45, 7) is 8.08. The topological polar surface area (TPSA) is 46.5 Å². The highest BCUT2D eigenvalue weighted by Gasteiger charge is 2.10. The summed E-state index contributed by atoms with van der Waals surface area (Å²) in [5, 5.41) is 5.45. The number of carbonyl (C=O) groups is 1. The number of nitrogens with one attached hydrogen (secondary N) is 1. The first-order valence-electron chi connectivity index (χ1n) is 10.0. The lowest BCUT2D eigenvalue weighted by molar-refractivity contribution is -0.116. The highest BCUT2D eigenvalue weighted by molar-refractivity contribution is 6.08. The molecule has 0 aliphatic carbocycles. The number of hydrogen-bond acceptors (Lipinski definition) is 3. The zero-order valence-corrected chi connectivity index (χ0v) is 16.4. The fourth-order valence-corrected chi connectivity index (χ4v) is 3.91. The number of benzene rings is 2. The maximum atomic E-state index is 12.1. The van der Waals surface area contributed by atoms with Gasteiger partial charge in [0.1, 0.15) is 0 Å². The van der Waals surface area contributed by atoms with Crippen molar-refractivity contribution < 1.29 is 9.53 Å². The molecule has 1 aliphatic rings. The lowest BCUT2D eigenvalue weighted by Crippen LogP contribution is -2.41. The molecule has 28 heavy (non-hydrogen) atoms. The Bertz CT molecular complexity index is 1000. The molecule has 0 saturated carbocycles. The number of ether oxygens (including phenoxy) is 1. The van der Waals surface area contributed by atoms with Crippen LogP contribution in [0.5, 0.6) is 0 Å². The van der Waals surface area contributed by atoms with E-state index < -0.39 is 0 Å². The fourth-order valence-electron chi connectivity index (χ4n) is 3.91. The number of hydrogen-bond donors (Lipinski definition) is 1. The summed E-state index contributed by atoms with van der Waals surface area (Å²) in [7, 11) is 0. The number of amides is 1. The summed E-state index contributed by atoms with van der Waals surface area (Å²) in [5.74, 6) is -0.0515. The van der Waals surface area contributed by atoms with E-state index >= 15 is 0 Å². The van der Waals surface area contributed by atoms with Crippen molar-refractivity contribution in [3.8, 4) is 0 Å². The summed E-state index contributed by atoms with van der Waals surface area (Å²) >= 11 is 0. The van der Waals surface area contributed by atoms with Crippen LogP contribution in [0.1, 0.15) is 12.5 Å². The molecule has 1 aliphatic heterocycles. The second-order valence-corrected chi connectivity index (χ2v) is 7.12. The molecular formula is C23H27N3O2. The van der Waals surface area contributed by atoms with Gasteiger partial charge in [-0.15, -0.1) is 0 Å². The Balaban J connectivity index is 1.44. The first-order valence-corrected chi connectivity index (χ1v) is 10.0. The van der Waals surface area contributed by atoms with Gasteiger partial charge in [0.15, 0.2) is 0 Å². The molecule has 1 fully saturated rings. The monoisotopic (exact) mass is 377 g/mol. The normalized spacial score (nSPS) is 15.6. The van der Waals surface area contributed by atoms with E-state index in [1.165, 1.54) is 21.8 Å². The van der Waals surface area contributed by atoms with Crippen LogP contribution in [0.2, 0.25) is 0 Å². The van der Waals surface area contributed by atoms with Crippen LogP contribution in [-0.4, -0.2) is 54.8 Å². The molecule has 0 spiro atoms. The Morgan fingerprint density at radius 2 is 1.89 bits per heavy atom. The van der Waals surface area contributed by atoms with Crippen molar-refractivity contribution in [3.63, 3.8) is 0 Å².